The molecule has 184 valence electrons. The van der Waals surface area contributed by atoms with Crippen molar-refractivity contribution in [3.8, 4) is 5.75 Å². The van der Waals surface area contributed by atoms with E-state index in [2.05, 4.69) is 5.32 Å². The lowest BCUT2D eigenvalue weighted by molar-refractivity contribution is -0.141. The van der Waals surface area contributed by atoms with Crippen LogP contribution in [-0.4, -0.2) is 29.8 Å². The average Bonchev–Trinajstić information content (AvgIpc) is 3.30. The molecule has 0 spiro atoms. The Morgan fingerprint density at radius 3 is 2.66 bits per heavy atom. The van der Waals surface area contributed by atoms with E-state index < -0.39 is 11.5 Å². The number of nitrogens with zero attached hydrogens (tertiary/aromatic N) is 1. The SMILES string of the molecule is CCNC(=O)c1ccc(COc2ccc3c(c2)[C@@H](c2cccc(F)c2)N(C(=O)C(C)(C)C)CC3)o1. The molecule has 0 unspecified atom stereocenters. The molecule has 0 fully saturated rings. The fourth-order valence-corrected chi connectivity index (χ4v) is 4.35. The molecule has 1 aliphatic rings. The van der Waals surface area contributed by atoms with E-state index in [0.717, 1.165) is 16.7 Å². The third-order valence-corrected chi connectivity index (χ3v) is 6.02. The predicted molar refractivity (Wildman–Crippen MR) is 131 cm³/mol. The van der Waals surface area contributed by atoms with Crippen LogP contribution in [0.4, 0.5) is 4.39 Å². The molecule has 1 aliphatic heterocycles. The predicted octanol–water partition coefficient (Wildman–Crippen LogP) is 5.27. The number of furan rings is 1. The van der Waals surface area contributed by atoms with Gasteiger partial charge in [0.2, 0.25) is 5.91 Å². The Balaban J connectivity index is 1.63. The second-order valence-corrected chi connectivity index (χ2v) is 9.73. The van der Waals surface area contributed by atoms with Crippen molar-refractivity contribution in [2.45, 2.75) is 46.8 Å². The minimum atomic E-state index is -0.571. The maximum absolute atomic E-state index is 14.2. The van der Waals surface area contributed by atoms with Gasteiger partial charge in [-0.3, -0.25) is 9.59 Å². The van der Waals surface area contributed by atoms with Crippen LogP contribution in [0, 0.1) is 11.2 Å². The molecular weight excluding hydrogens is 447 g/mol. The zero-order valence-corrected chi connectivity index (χ0v) is 20.6. The second kappa shape index (κ2) is 9.94. The number of fused-ring (bicyclic) bond motifs is 1. The summed E-state index contributed by atoms with van der Waals surface area (Å²) in [6.45, 7) is 8.74. The van der Waals surface area contributed by atoms with Gasteiger partial charge in [0.05, 0.1) is 6.04 Å². The highest BCUT2D eigenvalue weighted by Crippen LogP contribution is 2.39. The van der Waals surface area contributed by atoms with Gasteiger partial charge < -0.3 is 19.4 Å². The quantitative estimate of drug-likeness (QED) is 0.524. The van der Waals surface area contributed by atoms with Crippen molar-refractivity contribution >= 4 is 11.8 Å². The van der Waals surface area contributed by atoms with Crippen LogP contribution >= 0.6 is 0 Å². The summed E-state index contributed by atoms with van der Waals surface area (Å²) in [6.07, 6.45) is 0.706. The van der Waals surface area contributed by atoms with Gasteiger partial charge in [0.15, 0.2) is 5.76 Å². The summed E-state index contributed by atoms with van der Waals surface area (Å²) < 4.78 is 25.8. The number of ether oxygens (including phenoxy) is 1. The van der Waals surface area contributed by atoms with Crippen molar-refractivity contribution in [1.82, 2.24) is 10.2 Å². The van der Waals surface area contributed by atoms with Gasteiger partial charge in [0.1, 0.15) is 23.9 Å². The molecule has 0 saturated carbocycles. The third-order valence-electron chi connectivity index (χ3n) is 6.02. The van der Waals surface area contributed by atoms with Crippen molar-refractivity contribution in [2.24, 2.45) is 5.41 Å². The first-order valence-electron chi connectivity index (χ1n) is 11.9. The molecule has 7 heteroatoms. The smallest absolute Gasteiger partial charge is 0.286 e. The molecule has 6 nitrogen and oxygen atoms in total. The summed E-state index contributed by atoms with van der Waals surface area (Å²) in [4.78, 5) is 27.1. The van der Waals surface area contributed by atoms with Crippen LogP contribution in [0.1, 0.15) is 66.7 Å². The lowest BCUT2D eigenvalue weighted by atomic mass is 9.85. The molecule has 0 saturated heterocycles. The fraction of sp³-hybridized carbons (Fsp3) is 0.357. The summed E-state index contributed by atoms with van der Waals surface area (Å²) >= 11 is 0. The maximum atomic E-state index is 14.2. The highest BCUT2D eigenvalue weighted by Gasteiger charge is 2.37. The van der Waals surface area contributed by atoms with Crippen molar-refractivity contribution in [2.75, 3.05) is 13.1 Å². The Morgan fingerprint density at radius 2 is 1.94 bits per heavy atom. The van der Waals surface area contributed by atoms with Crippen molar-refractivity contribution < 1.29 is 23.1 Å². The van der Waals surface area contributed by atoms with Crippen LogP contribution in [-0.2, 0) is 17.8 Å². The lowest BCUT2D eigenvalue weighted by Crippen LogP contribution is -2.45. The van der Waals surface area contributed by atoms with Crippen LogP contribution in [0.3, 0.4) is 0 Å². The first-order chi connectivity index (χ1) is 16.7. The number of hydrogen-bond acceptors (Lipinski definition) is 4. The van der Waals surface area contributed by atoms with Crippen molar-refractivity contribution in [1.29, 1.82) is 0 Å². The van der Waals surface area contributed by atoms with Gasteiger partial charge in [0, 0.05) is 18.5 Å². The van der Waals surface area contributed by atoms with Gasteiger partial charge >= 0.3 is 0 Å². The Kier molecular flexibility index (Phi) is 6.96. The maximum Gasteiger partial charge on any atom is 0.286 e. The van der Waals surface area contributed by atoms with Gasteiger partial charge in [-0.2, -0.15) is 0 Å². The van der Waals surface area contributed by atoms with E-state index in [1.54, 1.807) is 18.2 Å². The zero-order chi connectivity index (χ0) is 25.2. The molecular formula is C28H31FN2O4. The highest BCUT2D eigenvalue weighted by molar-refractivity contribution is 5.91. The monoisotopic (exact) mass is 478 g/mol. The van der Waals surface area contributed by atoms with E-state index >= 15 is 0 Å². The summed E-state index contributed by atoms with van der Waals surface area (Å²) in [6, 6.07) is 15.1. The number of carbonyl (C=O) groups excluding carboxylic acids is 2. The normalized spacial score (nSPS) is 15.5. The molecule has 0 bridgehead atoms. The Hall–Kier alpha value is -3.61. The van der Waals surface area contributed by atoms with Gasteiger partial charge in [0.25, 0.3) is 5.91 Å². The van der Waals surface area contributed by atoms with E-state index in [1.807, 2.05) is 56.9 Å². The highest BCUT2D eigenvalue weighted by atomic mass is 19.1. The van der Waals surface area contributed by atoms with Gasteiger partial charge in [-0.15, -0.1) is 0 Å². The number of hydrogen-bond donors (Lipinski definition) is 1. The summed E-state index contributed by atoms with van der Waals surface area (Å²) in [5, 5.41) is 2.70. The fourth-order valence-electron chi connectivity index (χ4n) is 4.35. The van der Waals surface area contributed by atoms with Gasteiger partial charge in [-0.05, 0) is 66.4 Å². The Morgan fingerprint density at radius 1 is 1.14 bits per heavy atom. The lowest BCUT2D eigenvalue weighted by Gasteiger charge is -2.41. The van der Waals surface area contributed by atoms with Crippen molar-refractivity contribution in [3.63, 3.8) is 0 Å². The molecule has 2 aromatic carbocycles. The molecule has 2 amide bonds. The number of carbonyl (C=O) groups is 2. The van der Waals surface area contributed by atoms with Crippen LogP contribution < -0.4 is 10.1 Å². The molecule has 1 atom stereocenters. The number of amides is 2. The van der Waals surface area contributed by atoms with Crippen molar-refractivity contribution in [3.05, 3.63) is 88.6 Å². The topological polar surface area (TPSA) is 71.8 Å². The van der Waals surface area contributed by atoms with Gasteiger partial charge in [-0.1, -0.05) is 39.0 Å². The van der Waals surface area contributed by atoms with E-state index in [1.165, 1.54) is 12.1 Å². The molecule has 1 N–H and O–H groups in total. The largest absolute Gasteiger partial charge is 0.486 e. The first-order valence-corrected chi connectivity index (χ1v) is 11.9. The Labute approximate surface area is 205 Å². The van der Waals surface area contributed by atoms with Crippen LogP contribution in [0.2, 0.25) is 0 Å². The summed E-state index contributed by atoms with van der Waals surface area (Å²) in [5.74, 6) is 0.761. The standard InChI is InChI=1S/C28H31FN2O4/c1-5-30-26(32)24-12-11-22(35-24)17-34-21-10-9-18-13-14-31(27(33)28(2,3)4)25(23(18)16-21)19-7-6-8-20(29)15-19/h6-12,15-16,25H,5,13-14,17H2,1-4H3,(H,30,32)/t25-/m1/s1. The molecule has 1 aromatic heterocycles. The number of halogens is 1. The van der Waals surface area contributed by atoms with E-state index in [9.17, 15) is 14.0 Å². The van der Waals surface area contributed by atoms with Crippen LogP contribution in [0.25, 0.3) is 0 Å². The Bertz CT molecular complexity index is 1230. The van der Waals surface area contributed by atoms with Gasteiger partial charge in [-0.25, -0.2) is 4.39 Å². The third kappa shape index (κ3) is 5.39. The molecule has 35 heavy (non-hydrogen) atoms. The average molecular weight is 479 g/mol. The first kappa shape index (κ1) is 24.5. The number of benzene rings is 2. The van der Waals surface area contributed by atoms with E-state index in [-0.39, 0.29) is 30.0 Å². The minimum absolute atomic E-state index is 0.0113. The molecule has 0 radical (unpaired) electrons. The summed E-state index contributed by atoms with van der Waals surface area (Å²) in [5.41, 5.74) is 2.16. The van der Waals surface area contributed by atoms with E-state index in [4.69, 9.17) is 9.15 Å². The van der Waals surface area contributed by atoms with Crippen LogP contribution in [0.5, 0.6) is 5.75 Å². The molecule has 3 aromatic rings. The molecule has 4 rings (SSSR count). The minimum Gasteiger partial charge on any atom is -0.486 e. The number of rotatable bonds is 6. The zero-order valence-electron chi connectivity index (χ0n) is 20.6. The molecule has 0 aliphatic carbocycles. The second-order valence-electron chi connectivity index (χ2n) is 9.73. The summed E-state index contributed by atoms with van der Waals surface area (Å²) in [7, 11) is 0. The molecule has 2 heterocycles. The van der Waals surface area contributed by atoms with E-state index in [0.29, 0.717) is 31.0 Å². The number of nitrogens with one attached hydrogen (secondary N) is 1. The van der Waals surface area contributed by atoms with Crippen LogP contribution in [0.15, 0.2) is 59.0 Å².